The Morgan fingerprint density at radius 1 is 1.20 bits per heavy atom. The van der Waals surface area contributed by atoms with Crippen LogP contribution in [0.5, 0.6) is 0 Å². The zero-order valence-electron chi connectivity index (χ0n) is 10.7. The van der Waals surface area contributed by atoms with Crippen LogP contribution in [-0.2, 0) is 21.7 Å². The van der Waals surface area contributed by atoms with E-state index in [1.165, 1.54) is 0 Å². The maximum atomic E-state index is 12.6. The summed E-state index contributed by atoms with van der Waals surface area (Å²) < 4.78 is 5.47. The quantitative estimate of drug-likeness (QED) is 0.794. The summed E-state index contributed by atoms with van der Waals surface area (Å²) in [6.07, 6.45) is 0. The van der Waals surface area contributed by atoms with Crippen molar-refractivity contribution in [1.82, 2.24) is 0 Å². The maximum absolute atomic E-state index is 12.6. The molecule has 3 nitrogen and oxygen atoms in total. The Kier molecular flexibility index (Phi) is 2.43. The van der Waals surface area contributed by atoms with Crippen molar-refractivity contribution < 1.29 is 9.53 Å². The summed E-state index contributed by atoms with van der Waals surface area (Å²) in [6.45, 7) is 1.00. The van der Waals surface area contributed by atoms with Crippen LogP contribution in [0.1, 0.15) is 11.1 Å². The van der Waals surface area contributed by atoms with E-state index in [-0.39, 0.29) is 5.91 Å². The monoisotopic (exact) mass is 285 g/mol. The summed E-state index contributed by atoms with van der Waals surface area (Å²) >= 11 is 6.07. The molecule has 0 N–H and O–H groups in total. The molecule has 0 unspecified atom stereocenters. The third-order valence-electron chi connectivity index (χ3n) is 3.89. The van der Waals surface area contributed by atoms with E-state index in [0.29, 0.717) is 18.2 Å². The highest BCUT2D eigenvalue weighted by Gasteiger charge is 2.61. The molecule has 2 aromatic rings. The lowest BCUT2D eigenvalue weighted by Crippen LogP contribution is -2.32. The van der Waals surface area contributed by atoms with Crippen molar-refractivity contribution in [3.05, 3.63) is 64.7 Å². The first-order valence-electron chi connectivity index (χ1n) is 6.51. The number of rotatable bonds is 2. The Morgan fingerprint density at radius 3 is 2.65 bits per heavy atom. The van der Waals surface area contributed by atoms with Gasteiger partial charge in [-0.2, -0.15) is 0 Å². The molecule has 1 saturated heterocycles. The summed E-state index contributed by atoms with van der Waals surface area (Å²) in [6, 6.07) is 15.5. The van der Waals surface area contributed by atoms with E-state index in [0.717, 1.165) is 16.8 Å². The molecule has 1 amide bonds. The van der Waals surface area contributed by atoms with Gasteiger partial charge in [0.25, 0.3) is 5.91 Å². The first-order valence-corrected chi connectivity index (χ1v) is 6.88. The van der Waals surface area contributed by atoms with Crippen molar-refractivity contribution in [1.29, 1.82) is 0 Å². The molecule has 0 aromatic heterocycles. The first-order chi connectivity index (χ1) is 9.71. The average molecular weight is 286 g/mol. The summed E-state index contributed by atoms with van der Waals surface area (Å²) in [5, 5.41) is 0.632. The van der Waals surface area contributed by atoms with Gasteiger partial charge in [-0.3, -0.25) is 4.79 Å². The van der Waals surface area contributed by atoms with Crippen LogP contribution in [0.3, 0.4) is 0 Å². The van der Waals surface area contributed by atoms with Gasteiger partial charge in [0.1, 0.15) is 0 Å². The zero-order chi connectivity index (χ0) is 13.7. The van der Waals surface area contributed by atoms with Crippen molar-refractivity contribution in [2.75, 3.05) is 11.5 Å². The SMILES string of the molecule is O=C1N(Cc2ccccc2)c2cc(Cl)ccc2[C@@]12CO2. The van der Waals surface area contributed by atoms with Crippen molar-refractivity contribution in [2.24, 2.45) is 0 Å². The molecular formula is C16H12ClNO2. The van der Waals surface area contributed by atoms with Gasteiger partial charge in [-0.15, -0.1) is 0 Å². The molecule has 0 radical (unpaired) electrons. The van der Waals surface area contributed by atoms with Crippen molar-refractivity contribution in [3.8, 4) is 0 Å². The third kappa shape index (κ3) is 1.60. The van der Waals surface area contributed by atoms with E-state index in [1.807, 2.05) is 48.5 Å². The normalized spacial score (nSPS) is 23.2. The van der Waals surface area contributed by atoms with E-state index < -0.39 is 5.60 Å². The van der Waals surface area contributed by atoms with Gasteiger partial charge in [0.15, 0.2) is 5.60 Å². The molecule has 0 saturated carbocycles. The minimum Gasteiger partial charge on any atom is -0.354 e. The Balaban J connectivity index is 1.78. The van der Waals surface area contributed by atoms with Crippen molar-refractivity contribution >= 4 is 23.2 Å². The lowest BCUT2D eigenvalue weighted by molar-refractivity contribution is -0.123. The van der Waals surface area contributed by atoms with Gasteiger partial charge in [-0.1, -0.05) is 48.0 Å². The van der Waals surface area contributed by atoms with E-state index in [2.05, 4.69) is 0 Å². The van der Waals surface area contributed by atoms with Crippen LogP contribution in [0.2, 0.25) is 5.02 Å². The minimum absolute atomic E-state index is 0.0126. The largest absolute Gasteiger partial charge is 0.354 e. The minimum atomic E-state index is -0.741. The number of hydrogen-bond donors (Lipinski definition) is 0. The molecule has 1 fully saturated rings. The summed E-state index contributed by atoms with van der Waals surface area (Å²) in [5.74, 6) is 0.0126. The zero-order valence-corrected chi connectivity index (χ0v) is 11.4. The standard InChI is InChI=1S/C16H12ClNO2/c17-12-6-7-13-14(8-12)18(15(19)16(13)10-20-16)9-11-4-2-1-3-5-11/h1-8H,9-10H2/t16-/m0/s1. The van der Waals surface area contributed by atoms with Crippen molar-refractivity contribution in [2.45, 2.75) is 12.1 Å². The second-order valence-corrected chi connectivity index (χ2v) is 5.59. The Bertz CT molecular complexity index is 695. The molecule has 4 rings (SSSR count). The van der Waals surface area contributed by atoms with Gasteiger partial charge in [-0.25, -0.2) is 0 Å². The second-order valence-electron chi connectivity index (χ2n) is 5.15. The average Bonchev–Trinajstić information content (AvgIpc) is 3.23. The molecule has 0 bridgehead atoms. The topological polar surface area (TPSA) is 32.8 Å². The smallest absolute Gasteiger partial charge is 0.266 e. The molecule has 4 heteroatoms. The van der Waals surface area contributed by atoms with E-state index in [9.17, 15) is 4.79 Å². The third-order valence-corrected chi connectivity index (χ3v) is 4.13. The van der Waals surface area contributed by atoms with Crippen LogP contribution in [0.25, 0.3) is 0 Å². The number of benzene rings is 2. The number of hydrogen-bond acceptors (Lipinski definition) is 2. The Hall–Kier alpha value is -1.84. The number of anilines is 1. The van der Waals surface area contributed by atoms with Crippen molar-refractivity contribution in [3.63, 3.8) is 0 Å². The molecule has 2 aliphatic heterocycles. The number of halogens is 1. The summed E-state index contributed by atoms with van der Waals surface area (Å²) in [5.41, 5.74) is 2.14. The second kappa shape index (κ2) is 4.08. The lowest BCUT2D eigenvalue weighted by atomic mass is 10.0. The molecule has 2 aromatic carbocycles. The Morgan fingerprint density at radius 2 is 1.95 bits per heavy atom. The lowest BCUT2D eigenvalue weighted by Gasteiger charge is -2.17. The molecular weight excluding hydrogens is 274 g/mol. The molecule has 1 spiro atoms. The van der Waals surface area contributed by atoms with E-state index >= 15 is 0 Å². The van der Waals surface area contributed by atoms with E-state index in [1.54, 1.807) is 4.90 Å². The highest BCUT2D eigenvalue weighted by Crippen LogP contribution is 2.51. The van der Waals surface area contributed by atoms with E-state index in [4.69, 9.17) is 16.3 Å². The highest BCUT2D eigenvalue weighted by atomic mass is 35.5. The van der Waals surface area contributed by atoms with Crippen LogP contribution in [0.4, 0.5) is 5.69 Å². The van der Waals surface area contributed by atoms with Gasteiger partial charge in [-0.05, 0) is 17.7 Å². The van der Waals surface area contributed by atoms with Gasteiger partial charge in [0.05, 0.1) is 18.8 Å². The number of ether oxygens (including phenoxy) is 1. The molecule has 0 aliphatic carbocycles. The van der Waals surface area contributed by atoms with Gasteiger partial charge in [0.2, 0.25) is 0 Å². The Labute approximate surface area is 121 Å². The molecule has 100 valence electrons. The highest BCUT2D eigenvalue weighted by molar-refractivity contribution is 6.31. The van der Waals surface area contributed by atoms with Crippen LogP contribution in [0, 0.1) is 0 Å². The fourth-order valence-corrected chi connectivity index (χ4v) is 2.95. The predicted molar refractivity (Wildman–Crippen MR) is 76.7 cm³/mol. The number of carbonyl (C=O) groups is 1. The van der Waals surface area contributed by atoms with Crippen LogP contribution in [-0.4, -0.2) is 12.5 Å². The number of amides is 1. The first kappa shape index (κ1) is 11.9. The summed E-state index contributed by atoms with van der Waals surface area (Å²) in [4.78, 5) is 14.4. The number of epoxide rings is 1. The fraction of sp³-hybridized carbons (Fsp3) is 0.188. The fourth-order valence-electron chi connectivity index (χ4n) is 2.79. The maximum Gasteiger partial charge on any atom is 0.266 e. The predicted octanol–water partition coefficient (Wildman–Crippen LogP) is 3.11. The number of nitrogens with zero attached hydrogens (tertiary/aromatic N) is 1. The van der Waals surface area contributed by atoms with Crippen LogP contribution >= 0.6 is 11.6 Å². The molecule has 1 atom stereocenters. The molecule has 2 aliphatic rings. The van der Waals surface area contributed by atoms with Gasteiger partial charge >= 0.3 is 0 Å². The van der Waals surface area contributed by atoms with Gasteiger partial charge < -0.3 is 9.64 Å². The van der Waals surface area contributed by atoms with Crippen LogP contribution < -0.4 is 4.90 Å². The number of fused-ring (bicyclic) bond motifs is 2. The van der Waals surface area contributed by atoms with Gasteiger partial charge in [0, 0.05) is 10.6 Å². The molecule has 20 heavy (non-hydrogen) atoms. The van der Waals surface area contributed by atoms with Crippen LogP contribution in [0.15, 0.2) is 48.5 Å². The number of carbonyl (C=O) groups excluding carboxylic acids is 1. The summed E-state index contributed by atoms with van der Waals surface area (Å²) in [7, 11) is 0. The molecule has 2 heterocycles.